The van der Waals surface area contributed by atoms with Crippen molar-refractivity contribution in [3.63, 3.8) is 0 Å². The summed E-state index contributed by atoms with van der Waals surface area (Å²) in [6.45, 7) is 7.27. The Morgan fingerprint density at radius 2 is 2.05 bits per heavy atom. The van der Waals surface area contributed by atoms with Gasteiger partial charge in [-0.1, -0.05) is 13.8 Å². The molecular weight excluding hydrogens is 260 g/mol. The molecule has 0 saturated carbocycles. The predicted octanol–water partition coefficient (Wildman–Crippen LogP) is 0.560. The molecule has 1 N–H and O–H groups in total. The third-order valence-corrected chi connectivity index (χ3v) is 3.19. The van der Waals surface area contributed by atoms with Crippen LogP contribution in [0, 0.1) is 11.8 Å². The largest absolute Gasteiger partial charge is 0.466 e. The van der Waals surface area contributed by atoms with Crippen LogP contribution >= 0.6 is 0 Å². The molecule has 0 bridgehead atoms. The predicted molar refractivity (Wildman–Crippen MR) is 73.8 cm³/mol. The number of likely N-dealkylation sites (tertiary alicyclic amines) is 1. The molecule has 6 heteroatoms. The van der Waals surface area contributed by atoms with Crippen molar-refractivity contribution in [2.75, 3.05) is 26.2 Å². The van der Waals surface area contributed by atoms with Crippen LogP contribution in [0.3, 0.4) is 0 Å². The fourth-order valence-corrected chi connectivity index (χ4v) is 2.13. The maximum absolute atomic E-state index is 12.0. The maximum atomic E-state index is 12.0. The molecule has 0 aliphatic carbocycles. The molecule has 0 aromatic carbocycles. The van der Waals surface area contributed by atoms with E-state index in [-0.39, 0.29) is 18.4 Å². The fraction of sp³-hybridized carbons (Fsp3) is 0.786. The van der Waals surface area contributed by atoms with Crippen LogP contribution in [0.15, 0.2) is 0 Å². The molecule has 2 amide bonds. The Morgan fingerprint density at radius 3 is 2.65 bits per heavy atom. The van der Waals surface area contributed by atoms with E-state index in [4.69, 9.17) is 4.74 Å². The maximum Gasteiger partial charge on any atom is 0.311 e. The average molecular weight is 284 g/mol. The monoisotopic (exact) mass is 284 g/mol. The summed E-state index contributed by atoms with van der Waals surface area (Å²) in [6.07, 6.45) is 1.42. The number of nitrogens with one attached hydrogen (secondary N) is 1. The number of ether oxygens (including phenoxy) is 1. The third-order valence-electron chi connectivity index (χ3n) is 3.19. The van der Waals surface area contributed by atoms with Crippen molar-refractivity contribution in [3.05, 3.63) is 0 Å². The molecule has 0 aromatic rings. The first-order valence-electron chi connectivity index (χ1n) is 7.19. The van der Waals surface area contributed by atoms with Crippen LogP contribution in [0.4, 0.5) is 0 Å². The molecule has 0 radical (unpaired) electrons. The zero-order valence-corrected chi connectivity index (χ0v) is 12.5. The Bertz CT molecular complexity index is 368. The van der Waals surface area contributed by atoms with E-state index in [1.807, 2.05) is 13.8 Å². The summed E-state index contributed by atoms with van der Waals surface area (Å²) in [6, 6.07) is 0. The number of rotatable bonds is 4. The molecule has 1 unspecified atom stereocenters. The van der Waals surface area contributed by atoms with E-state index >= 15 is 0 Å². The normalized spacial score (nSPS) is 18.8. The number of amides is 2. The summed E-state index contributed by atoms with van der Waals surface area (Å²) in [5.74, 6) is -1.46. The lowest BCUT2D eigenvalue weighted by Crippen LogP contribution is -2.49. The molecular formula is C14H24N2O4. The number of carbonyl (C=O) groups excluding carboxylic acids is 3. The van der Waals surface area contributed by atoms with E-state index in [9.17, 15) is 14.4 Å². The van der Waals surface area contributed by atoms with Gasteiger partial charge in [-0.25, -0.2) is 0 Å². The smallest absolute Gasteiger partial charge is 0.311 e. The van der Waals surface area contributed by atoms with Crippen LogP contribution in [0.2, 0.25) is 0 Å². The van der Waals surface area contributed by atoms with Crippen LogP contribution in [0.5, 0.6) is 0 Å². The van der Waals surface area contributed by atoms with Gasteiger partial charge in [0.05, 0.1) is 12.5 Å². The first kappa shape index (κ1) is 16.5. The van der Waals surface area contributed by atoms with Crippen molar-refractivity contribution < 1.29 is 19.1 Å². The lowest BCUT2D eigenvalue weighted by Gasteiger charge is -2.31. The second kappa shape index (κ2) is 7.87. The van der Waals surface area contributed by atoms with Crippen molar-refractivity contribution in [2.24, 2.45) is 11.8 Å². The number of esters is 1. The summed E-state index contributed by atoms with van der Waals surface area (Å²) >= 11 is 0. The molecule has 1 aliphatic rings. The van der Waals surface area contributed by atoms with Crippen molar-refractivity contribution in [1.29, 1.82) is 0 Å². The van der Waals surface area contributed by atoms with Gasteiger partial charge in [0.1, 0.15) is 0 Å². The minimum atomic E-state index is -0.594. The molecule has 1 aliphatic heterocycles. The minimum Gasteiger partial charge on any atom is -0.466 e. The van der Waals surface area contributed by atoms with Crippen LogP contribution in [0.1, 0.15) is 33.6 Å². The van der Waals surface area contributed by atoms with Gasteiger partial charge in [0, 0.05) is 19.6 Å². The topological polar surface area (TPSA) is 75.7 Å². The summed E-state index contributed by atoms with van der Waals surface area (Å²) in [7, 11) is 0. The van der Waals surface area contributed by atoms with E-state index in [0.29, 0.717) is 38.5 Å². The number of hydrogen-bond acceptors (Lipinski definition) is 4. The van der Waals surface area contributed by atoms with Gasteiger partial charge in [-0.05, 0) is 25.7 Å². The highest BCUT2D eigenvalue weighted by atomic mass is 16.5. The van der Waals surface area contributed by atoms with Gasteiger partial charge in [-0.15, -0.1) is 0 Å². The molecule has 1 saturated heterocycles. The van der Waals surface area contributed by atoms with E-state index in [1.165, 1.54) is 4.90 Å². The summed E-state index contributed by atoms with van der Waals surface area (Å²) < 4.78 is 4.97. The van der Waals surface area contributed by atoms with E-state index in [1.54, 1.807) is 6.92 Å². The van der Waals surface area contributed by atoms with Gasteiger partial charge in [0.25, 0.3) is 0 Å². The van der Waals surface area contributed by atoms with Gasteiger partial charge in [-0.3, -0.25) is 14.4 Å². The third kappa shape index (κ3) is 4.83. The van der Waals surface area contributed by atoms with E-state index < -0.39 is 11.8 Å². The van der Waals surface area contributed by atoms with Crippen LogP contribution in [-0.4, -0.2) is 48.9 Å². The molecule has 0 aromatic heterocycles. The van der Waals surface area contributed by atoms with Crippen LogP contribution in [0.25, 0.3) is 0 Å². The standard InChI is InChI=1S/C14H24N2O4/c1-4-20-14(19)11-6-5-7-16(9-11)13(18)12(17)15-8-10(2)3/h10-11H,4-9H2,1-3H3,(H,15,17). The van der Waals surface area contributed by atoms with Crippen molar-refractivity contribution in [2.45, 2.75) is 33.6 Å². The lowest BCUT2D eigenvalue weighted by molar-refractivity contribution is -0.154. The molecule has 1 heterocycles. The van der Waals surface area contributed by atoms with Gasteiger partial charge >= 0.3 is 17.8 Å². The summed E-state index contributed by atoms with van der Waals surface area (Å²) in [5.41, 5.74) is 0. The fourth-order valence-electron chi connectivity index (χ4n) is 2.13. The summed E-state index contributed by atoms with van der Waals surface area (Å²) in [5, 5.41) is 2.60. The first-order chi connectivity index (χ1) is 9.45. The highest BCUT2D eigenvalue weighted by Crippen LogP contribution is 2.18. The highest BCUT2D eigenvalue weighted by Gasteiger charge is 2.31. The van der Waals surface area contributed by atoms with Gasteiger partial charge in [0.2, 0.25) is 0 Å². The Hall–Kier alpha value is -1.59. The second-order valence-corrected chi connectivity index (χ2v) is 5.45. The van der Waals surface area contributed by atoms with Crippen LogP contribution < -0.4 is 5.32 Å². The molecule has 6 nitrogen and oxygen atoms in total. The Kier molecular flexibility index (Phi) is 6.48. The molecule has 0 spiro atoms. The number of hydrogen-bond donors (Lipinski definition) is 1. The number of carbonyl (C=O) groups is 3. The molecule has 1 atom stereocenters. The first-order valence-corrected chi connectivity index (χ1v) is 7.19. The van der Waals surface area contributed by atoms with Crippen molar-refractivity contribution in [3.8, 4) is 0 Å². The minimum absolute atomic E-state index is 0.271. The quantitative estimate of drug-likeness (QED) is 0.604. The zero-order valence-electron chi connectivity index (χ0n) is 12.5. The lowest BCUT2D eigenvalue weighted by atomic mass is 9.98. The van der Waals surface area contributed by atoms with Gasteiger partial charge in [-0.2, -0.15) is 0 Å². The Balaban J connectivity index is 2.51. The molecule has 1 fully saturated rings. The van der Waals surface area contributed by atoms with Crippen LogP contribution in [-0.2, 0) is 19.1 Å². The highest BCUT2D eigenvalue weighted by molar-refractivity contribution is 6.35. The molecule has 114 valence electrons. The number of nitrogens with zero attached hydrogens (tertiary/aromatic N) is 1. The molecule has 20 heavy (non-hydrogen) atoms. The number of piperidine rings is 1. The summed E-state index contributed by atoms with van der Waals surface area (Å²) in [4.78, 5) is 36.9. The van der Waals surface area contributed by atoms with Crippen molar-refractivity contribution in [1.82, 2.24) is 10.2 Å². The Labute approximate surface area is 119 Å². The SMILES string of the molecule is CCOC(=O)C1CCCN(C(=O)C(=O)NCC(C)C)C1. The Morgan fingerprint density at radius 1 is 1.35 bits per heavy atom. The average Bonchev–Trinajstić information content (AvgIpc) is 2.44. The van der Waals surface area contributed by atoms with E-state index in [0.717, 1.165) is 0 Å². The van der Waals surface area contributed by atoms with Gasteiger partial charge in [0.15, 0.2) is 0 Å². The van der Waals surface area contributed by atoms with Crippen molar-refractivity contribution >= 4 is 17.8 Å². The second-order valence-electron chi connectivity index (χ2n) is 5.45. The zero-order chi connectivity index (χ0) is 15.1. The van der Waals surface area contributed by atoms with Gasteiger partial charge < -0.3 is 15.0 Å². The molecule has 1 rings (SSSR count). The van der Waals surface area contributed by atoms with E-state index in [2.05, 4.69) is 5.32 Å².